The molecule has 0 fully saturated rings. The van der Waals surface area contributed by atoms with Crippen LogP contribution in [0.4, 0.5) is 0 Å². The lowest BCUT2D eigenvalue weighted by molar-refractivity contribution is 0.383. The topological polar surface area (TPSA) is 87.5 Å². The third-order valence-corrected chi connectivity index (χ3v) is 6.62. The zero-order chi connectivity index (χ0) is 17.8. The number of sulfonamides is 1. The van der Waals surface area contributed by atoms with Gasteiger partial charge in [-0.15, -0.1) is 0 Å². The number of hydrogen-bond acceptors (Lipinski definition) is 4. The summed E-state index contributed by atoms with van der Waals surface area (Å²) in [6.45, 7) is 4.22. The van der Waals surface area contributed by atoms with Crippen LogP contribution in [0.2, 0.25) is 0 Å². The zero-order valence-corrected chi connectivity index (χ0v) is 14.8. The normalized spacial score (nSPS) is 15.4. The van der Waals surface area contributed by atoms with E-state index in [4.69, 9.17) is 0 Å². The van der Waals surface area contributed by atoms with Crippen LogP contribution in [0.5, 0.6) is 0 Å². The quantitative estimate of drug-likeness (QED) is 0.750. The Hall–Kier alpha value is -2.45. The highest BCUT2D eigenvalue weighted by atomic mass is 32.2. The molecule has 0 aliphatic carbocycles. The van der Waals surface area contributed by atoms with Crippen molar-refractivity contribution in [2.75, 3.05) is 6.54 Å². The van der Waals surface area contributed by atoms with Gasteiger partial charge in [-0.3, -0.25) is 9.89 Å². The van der Waals surface area contributed by atoms with Crippen LogP contribution in [0.3, 0.4) is 0 Å². The van der Waals surface area contributed by atoms with Crippen LogP contribution >= 0.6 is 0 Å². The highest BCUT2D eigenvalue weighted by Crippen LogP contribution is 2.24. The van der Waals surface area contributed by atoms with Gasteiger partial charge in [0, 0.05) is 24.4 Å². The molecule has 0 amide bonds. The summed E-state index contributed by atoms with van der Waals surface area (Å²) in [7, 11) is -3.62. The highest BCUT2D eigenvalue weighted by Gasteiger charge is 2.31. The number of nitrogens with zero attached hydrogens (tertiary/aromatic N) is 3. The third kappa shape index (κ3) is 2.49. The average molecular weight is 358 g/mol. The summed E-state index contributed by atoms with van der Waals surface area (Å²) in [5.74, 6) is 0. The second-order valence-electron chi connectivity index (χ2n) is 6.33. The van der Waals surface area contributed by atoms with Gasteiger partial charge in [-0.05, 0) is 43.5 Å². The largest absolute Gasteiger partial charge is 0.297 e. The van der Waals surface area contributed by atoms with Crippen LogP contribution in [0, 0.1) is 13.8 Å². The molecule has 7 nitrogen and oxygen atoms in total. The number of fused-ring (bicyclic) bond motifs is 2. The lowest BCUT2D eigenvalue weighted by Crippen LogP contribution is -2.39. The monoisotopic (exact) mass is 358 g/mol. The maximum absolute atomic E-state index is 13.0. The third-order valence-electron chi connectivity index (χ3n) is 4.78. The van der Waals surface area contributed by atoms with E-state index in [0.29, 0.717) is 23.3 Å². The Balaban J connectivity index is 1.75. The van der Waals surface area contributed by atoms with E-state index in [9.17, 15) is 13.2 Å². The number of H-pyrrole nitrogens is 1. The molecule has 3 aromatic rings. The molecule has 130 valence electrons. The molecule has 0 bridgehead atoms. The maximum atomic E-state index is 13.0. The number of nitrogens with one attached hydrogen (secondary N) is 1. The minimum atomic E-state index is -3.62. The molecular formula is C17H18N4O3S. The van der Waals surface area contributed by atoms with Gasteiger partial charge in [0.2, 0.25) is 10.0 Å². The van der Waals surface area contributed by atoms with Crippen LogP contribution in [0.25, 0.3) is 5.65 Å². The molecule has 8 heteroatoms. The number of aromatic amines is 1. The SMILES string of the molecule is Cc1ccc(S(=O)(=O)N2CCc3c(nc4cc[nH]n4c3=O)C2)cc1C. The van der Waals surface area contributed by atoms with Crippen molar-refractivity contribution in [3.05, 3.63) is 63.2 Å². The van der Waals surface area contributed by atoms with E-state index in [1.165, 1.54) is 8.82 Å². The van der Waals surface area contributed by atoms with Gasteiger partial charge < -0.3 is 0 Å². The van der Waals surface area contributed by atoms with E-state index in [-0.39, 0.29) is 23.5 Å². The Morgan fingerprint density at radius 3 is 2.72 bits per heavy atom. The molecule has 0 atom stereocenters. The Morgan fingerprint density at radius 2 is 1.96 bits per heavy atom. The Kier molecular flexibility index (Phi) is 3.55. The number of rotatable bonds is 2. The first kappa shape index (κ1) is 16.0. The fourth-order valence-corrected chi connectivity index (χ4v) is 4.62. The number of aromatic nitrogens is 3. The molecule has 0 radical (unpaired) electrons. The molecule has 1 aliphatic rings. The first-order valence-electron chi connectivity index (χ1n) is 8.03. The van der Waals surface area contributed by atoms with Crippen LogP contribution in [-0.4, -0.2) is 33.9 Å². The van der Waals surface area contributed by atoms with Crippen LogP contribution in [0.15, 0.2) is 40.2 Å². The summed E-state index contributed by atoms with van der Waals surface area (Å²) >= 11 is 0. The van der Waals surface area contributed by atoms with Gasteiger partial charge in [-0.1, -0.05) is 6.07 Å². The van der Waals surface area contributed by atoms with Crippen molar-refractivity contribution < 1.29 is 8.42 Å². The molecule has 3 heterocycles. The summed E-state index contributed by atoms with van der Waals surface area (Å²) in [5, 5.41) is 2.83. The summed E-state index contributed by atoms with van der Waals surface area (Å²) in [6, 6.07) is 6.83. The van der Waals surface area contributed by atoms with Crippen molar-refractivity contribution in [2.45, 2.75) is 31.7 Å². The molecule has 1 N–H and O–H groups in total. The van der Waals surface area contributed by atoms with Gasteiger partial charge in [0.05, 0.1) is 17.1 Å². The summed E-state index contributed by atoms with van der Waals surface area (Å²) in [6.07, 6.45) is 1.99. The maximum Gasteiger partial charge on any atom is 0.276 e. The first-order valence-corrected chi connectivity index (χ1v) is 9.47. The highest BCUT2D eigenvalue weighted by molar-refractivity contribution is 7.89. The van der Waals surface area contributed by atoms with Gasteiger partial charge in [-0.2, -0.15) is 4.31 Å². The van der Waals surface area contributed by atoms with E-state index >= 15 is 0 Å². The minimum Gasteiger partial charge on any atom is -0.297 e. The number of hydrogen-bond donors (Lipinski definition) is 1. The number of aryl methyl sites for hydroxylation is 2. The second-order valence-corrected chi connectivity index (χ2v) is 8.27. The standard InChI is InChI=1S/C17H18N4O3S/c1-11-3-4-13(9-12(11)2)25(23,24)20-8-6-14-15(10-20)19-16-5-7-18-21(16)17(14)22/h3-5,7,9,18H,6,8,10H2,1-2H3. The van der Waals surface area contributed by atoms with Crippen LogP contribution in [-0.2, 0) is 23.0 Å². The lowest BCUT2D eigenvalue weighted by atomic mass is 10.1. The van der Waals surface area contributed by atoms with E-state index in [0.717, 1.165) is 11.1 Å². The molecule has 0 spiro atoms. The molecule has 0 unspecified atom stereocenters. The van der Waals surface area contributed by atoms with E-state index in [1.54, 1.807) is 24.4 Å². The second kappa shape index (κ2) is 5.53. The molecular weight excluding hydrogens is 340 g/mol. The predicted octanol–water partition coefficient (Wildman–Crippen LogP) is 1.39. The smallest absolute Gasteiger partial charge is 0.276 e. The molecule has 2 aromatic heterocycles. The Morgan fingerprint density at radius 1 is 1.16 bits per heavy atom. The molecule has 0 saturated heterocycles. The molecule has 0 saturated carbocycles. The minimum absolute atomic E-state index is 0.113. The van der Waals surface area contributed by atoms with Gasteiger partial charge in [-0.25, -0.2) is 17.9 Å². The van der Waals surface area contributed by atoms with Crippen molar-refractivity contribution in [2.24, 2.45) is 0 Å². The Bertz CT molecular complexity index is 1140. The zero-order valence-electron chi connectivity index (χ0n) is 14.0. The summed E-state index contributed by atoms with van der Waals surface area (Å²) < 4.78 is 28.7. The summed E-state index contributed by atoms with van der Waals surface area (Å²) in [4.78, 5) is 17.2. The van der Waals surface area contributed by atoms with E-state index < -0.39 is 10.0 Å². The van der Waals surface area contributed by atoms with E-state index in [2.05, 4.69) is 10.1 Å². The fourth-order valence-electron chi connectivity index (χ4n) is 3.13. The van der Waals surface area contributed by atoms with Crippen molar-refractivity contribution in [1.29, 1.82) is 0 Å². The molecule has 1 aromatic carbocycles. The van der Waals surface area contributed by atoms with Crippen molar-refractivity contribution >= 4 is 15.7 Å². The van der Waals surface area contributed by atoms with Gasteiger partial charge >= 0.3 is 0 Å². The number of benzene rings is 1. The summed E-state index contributed by atoms with van der Waals surface area (Å²) in [5.41, 5.74) is 3.42. The average Bonchev–Trinajstić information content (AvgIpc) is 3.05. The van der Waals surface area contributed by atoms with Gasteiger partial charge in [0.15, 0.2) is 5.65 Å². The van der Waals surface area contributed by atoms with Crippen molar-refractivity contribution in [1.82, 2.24) is 18.9 Å². The Labute approximate surface area is 145 Å². The van der Waals surface area contributed by atoms with E-state index in [1.807, 2.05) is 19.9 Å². The van der Waals surface area contributed by atoms with Gasteiger partial charge in [0.1, 0.15) is 0 Å². The van der Waals surface area contributed by atoms with Gasteiger partial charge in [0.25, 0.3) is 5.56 Å². The van der Waals surface area contributed by atoms with Crippen molar-refractivity contribution in [3.8, 4) is 0 Å². The first-order chi connectivity index (χ1) is 11.9. The lowest BCUT2D eigenvalue weighted by Gasteiger charge is -2.27. The molecule has 1 aliphatic heterocycles. The predicted molar refractivity (Wildman–Crippen MR) is 93.0 cm³/mol. The van der Waals surface area contributed by atoms with Crippen molar-refractivity contribution in [3.63, 3.8) is 0 Å². The molecule has 25 heavy (non-hydrogen) atoms. The van der Waals surface area contributed by atoms with Crippen LogP contribution < -0.4 is 5.56 Å². The van der Waals surface area contributed by atoms with Crippen LogP contribution in [0.1, 0.15) is 22.4 Å². The fraction of sp³-hybridized carbons (Fsp3) is 0.294. The molecule has 4 rings (SSSR count).